The highest BCUT2D eigenvalue weighted by Crippen LogP contribution is 2.46. The van der Waals surface area contributed by atoms with Crippen LogP contribution in [0.4, 0.5) is 8.78 Å². The molecule has 2 aliphatic heterocycles. The molecule has 2 aromatic rings. The van der Waals surface area contributed by atoms with Gasteiger partial charge in [0.05, 0.1) is 5.56 Å². The first kappa shape index (κ1) is 17.7. The molecule has 0 spiro atoms. The first-order valence-electron chi connectivity index (χ1n) is 9.27. The van der Waals surface area contributed by atoms with E-state index in [4.69, 9.17) is 16.3 Å². The summed E-state index contributed by atoms with van der Waals surface area (Å²) < 4.78 is 35.3. The van der Waals surface area contributed by atoms with Crippen molar-refractivity contribution in [2.45, 2.75) is 44.6 Å². The Morgan fingerprint density at radius 3 is 2.69 bits per heavy atom. The largest absolute Gasteiger partial charge is 0.489 e. The molecule has 2 unspecified atom stereocenters. The number of hydrogen-bond acceptors (Lipinski definition) is 2. The highest BCUT2D eigenvalue weighted by Gasteiger charge is 2.38. The first-order valence-corrected chi connectivity index (χ1v) is 9.65. The number of halogens is 3. The molecule has 0 saturated carbocycles. The summed E-state index contributed by atoms with van der Waals surface area (Å²) in [7, 11) is 0. The molecule has 2 atom stereocenters. The van der Waals surface area contributed by atoms with Gasteiger partial charge in [0.1, 0.15) is 23.5 Å². The van der Waals surface area contributed by atoms with Crippen LogP contribution in [-0.4, -0.2) is 19.2 Å². The monoisotopic (exact) mass is 377 g/mol. The Balaban J connectivity index is 1.85. The van der Waals surface area contributed by atoms with Crippen LogP contribution in [0.5, 0.6) is 5.75 Å². The van der Waals surface area contributed by atoms with E-state index in [2.05, 4.69) is 12.2 Å². The van der Waals surface area contributed by atoms with Gasteiger partial charge in [-0.25, -0.2) is 8.78 Å². The molecule has 2 aliphatic rings. The summed E-state index contributed by atoms with van der Waals surface area (Å²) in [5.74, 6) is -0.101. The summed E-state index contributed by atoms with van der Waals surface area (Å²) in [6.45, 7) is 3.90. The highest BCUT2D eigenvalue weighted by atomic mass is 35.5. The minimum absolute atomic E-state index is 0.0119. The zero-order valence-corrected chi connectivity index (χ0v) is 15.5. The normalized spacial score (nSPS) is 21.2. The van der Waals surface area contributed by atoms with Crippen LogP contribution in [0.1, 0.15) is 43.2 Å². The molecule has 0 amide bonds. The fourth-order valence-corrected chi connectivity index (χ4v) is 4.28. The van der Waals surface area contributed by atoms with Gasteiger partial charge in [-0.15, -0.1) is 0 Å². The molecular weight excluding hydrogens is 356 g/mol. The second-order valence-electron chi connectivity index (χ2n) is 7.16. The molecule has 2 nitrogen and oxygen atoms in total. The standard InChI is InChI=1S/C21H22ClF2NO/c1-2-3-4-12-7-13(20-17(23)9-14(22)10-18(20)24)8-15-16-11-25-6-5-19(16)26-21(12)15/h7-10,16,19,25H,2-6,11H2,1H3. The van der Waals surface area contributed by atoms with Crippen LogP contribution in [-0.2, 0) is 6.42 Å². The van der Waals surface area contributed by atoms with Gasteiger partial charge in [0, 0.05) is 23.0 Å². The predicted octanol–water partition coefficient (Wildman–Crippen LogP) is 5.47. The van der Waals surface area contributed by atoms with E-state index in [1.807, 2.05) is 12.1 Å². The van der Waals surface area contributed by atoms with E-state index >= 15 is 0 Å². The van der Waals surface area contributed by atoms with Crippen LogP contribution in [0.15, 0.2) is 24.3 Å². The van der Waals surface area contributed by atoms with Gasteiger partial charge in [-0.05, 0) is 61.2 Å². The molecule has 1 fully saturated rings. The molecule has 26 heavy (non-hydrogen) atoms. The Morgan fingerprint density at radius 1 is 1.19 bits per heavy atom. The van der Waals surface area contributed by atoms with Gasteiger partial charge < -0.3 is 10.1 Å². The Bertz CT molecular complexity index is 816. The van der Waals surface area contributed by atoms with Crippen LogP contribution in [0, 0.1) is 11.6 Å². The van der Waals surface area contributed by atoms with E-state index in [1.54, 1.807) is 0 Å². The quantitative estimate of drug-likeness (QED) is 0.763. The van der Waals surface area contributed by atoms with Crippen LogP contribution >= 0.6 is 11.6 Å². The molecule has 1 N–H and O–H groups in total. The Hall–Kier alpha value is -1.65. The van der Waals surface area contributed by atoms with Gasteiger partial charge in [0.25, 0.3) is 0 Å². The zero-order chi connectivity index (χ0) is 18.3. The van der Waals surface area contributed by atoms with Gasteiger partial charge >= 0.3 is 0 Å². The van der Waals surface area contributed by atoms with E-state index in [9.17, 15) is 8.78 Å². The van der Waals surface area contributed by atoms with Gasteiger partial charge in [0.2, 0.25) is 0 Å². The number of benzene rings is 2. The van der Waals surface area contributed by atoms with Crippen molar-refractivity contribution in [1.82, 2.24) is 5.32 Å². The third-order valence-electron chi connectivity index (χ3n) is 5.38. The summed E-state index contributed by atoms with van der Waals surface area (Å²) >= 11 is 5.79. The van der Waals surface area contributed by atoms with Crippen molar-refractivity contribution >= 4 is 11.6 Å². The van der Waals surface area contributed by atoms with Gasteiger partial charge in [-0.3, -0.25) is 0 Å². The molecule has 0 aliphatic carbocycles. The lowest BCUT2D eigenvalue weighted by molar-refractivity contribution is 0.171. The summed E-state index contributed by atoms with van der Waals surface area (Å²) in [4.78, 5) is 0. The molecule has 0 bridgehead atoms. The first-order chi connectivity index (χ1) is 12.6. The van der Waals surface area contributed by atoms with Crippen molar-refractivity contribution in [1.29, 1.82) is 0 Å². The predicted molar refractivity (Wildman–Crippen MR) is 100 cm³/mol. The number of unbranched alkanes of at least 4 members (excludes halogenated alkanes) is 1. The molecule has 138 valence electrons. The molecule has 2 heterocycles. The van der Waals surface area contributed by atoms with Crippen molar-refractivity contribution in [2.75, 3.05) is 13.1 Å². The van der Waals surface area contributed by atoms with Crippen LogP contribution in [0.2, 0.25) is 5.02 Å². The lowest BCUT2D eigenvalue weighted by Gasteiger charge is -2.24. The SMILES string of the molecule is CCCCc1cc(-c2c(F)cc(Cl)cc2F)cc2c1OC1CCNCC21. The maximum atomic E-state index is 14.5. The molecule has 0 aromatic heterocycles. The van der Waals surface area contributed by atoms with Crippen molar-refractivity contribution in [3.05, 3.63) is 52.0 Å². The number of rotatable bonds is 4. The fourth-order valence-electron chi connectivity index (χ4n) is 4.08. The average molecular weight is 378 g/mol. The van der Waals surface area contributed by atoms with Gasteiger partial charge in [0.15, 0.2) is 0 Å². The molecule has 4 rings (SSSR count). The van der Waals surface area contributed by atoms with Crippen LogP contribution < -0.4 is 10.1 Å². The smallest absolute Gasteiger partial charge is 0.135 e. The third kappa shape index (κ3) is 3.10. The second kappa shape index (κ2) is 7.16. The van der Waals surface area contributed by atoms with E-state index in [0.717, 1.165) is 55.6 Å². The highest BCUT2D eigenvalue weighted by molar-refractivity contribution is 6.30. The number of aryl methyl sites for hydroxylation is 1. The molecule has 0 radical (unpaired) electrons. The molecule has 5 heteroatoms. The van der Waals surface area contributed by atoms with Crippen molar-refractivity contribution in [3.8, 4) is 16.9 Å². The Labute approximate surface area is 157 Å². The topological polar surface area (TPSA) is 21.3 Å². The average Bonchev–Trinajstić information content (AvgIpc) is 2.98. The van der Waals surface area contributed by atoms with Gasteiger partial charge in [-0.1, -0.05) is 24.9 Å². The molecular formula is C21H22ClF2NO. The Kier molecular flexibility index (Phi) is 4.89. The van der Waals surface area contributed by atoms with Crippen molar-refractivity contribution in [3.63, 3.8) is 0 Å². The number of nitrogens with one attached hydrogen (secondary N) is 1. The number of hydrogen-bond donors (Lipinski definition) is 1. The lowest BCUT2D eigenvalue weighted by atomic mass is 9.87. The maximum absolute atomic E-state index is 14.5. The number of fused-ring (bicyclic) bond motifs is 3. The number of piperidine rings is 1. The maximum Gasteiger partial charge on any atom is 0.135 e. The Morgan fingerprint density at radius 2 is 1.96 bits per heavy atom. The summed E-state index contributed by atoms with van der Waals surface area (Å²) in [5, 5.41) is 3.47. The minimum Gasteiger partial charge on any atom is -0.489 e. The van der Waals surface area contributed by atoms with Crippen LogP contribution in [0.3, 0.4) is 0 Å². The summed E-state index contributed by atoms with van der Waals surface area (Å²) in [6.07, 6.45) is 4.01. The van der Waals surface area contributed by atoms with E-state index in [1.165, 1.54) is 12.1 Å². The summed E-state index contributed by atoms with van der Waals surface area (Å²) in [5.41, 5.74) is 2.67. The van der Waals surface area contributed by atoms with E-state index < -0.39 is 11.6 Å². The second-order valence-corrected chi connectivity index (χ2v) is 7.59. The summed E-state index contributed by atoms with van der Waals surface area (Å²) in [6, 6.07) is 6.12. The lowest BCUT2D eigenvalue weighted by Crippen LogP contribution is -2.37. The van der Waals surface area contributed by atoms with E-state index in [-0.39, 0.29) is 22.6 Å². The number of ether oxygens (including phenoxy) is 1. The van der Waals surface area contributed by atoms with Crippen molar-refractivity contribution < 1.29 is 13.5 Å². The third-order valence-corrected chi connectivity index (χ3v) is 5.60. The fraction of sp³-hybridized carbons (Fsp3) is 0.429. The van der Waals surface area contributed by atoms with Crippen LogP contribution in [0.25, 0.3) is 11.1 Å². The van der Waals surface area contributed by atoms with Crippen molar-refractivity contribution in [2.24, 2.45) is 0 Å². The minimum atomic E-state index is -0.631. The molecule has 2 aromatic carbocycles. The zero-order valence-electron chi connectivity index (χ0n) is 14.7. The molecule has 1 saturated heterocycles. The van der Waals surface area contributed by atoms with Gasteiger partial charge in [-0.2, -0.15) is 0 Å². The van der Waals surface area contributed by atoms with E-state index in [0.29, 0.717) is 5.56 Å².